The Morgan fingerprint density at radius 2 is 1.89 bits per heavy atom. The van der Waals surface area contributed by atoms with Crippen LogP contribution in [0.4, 0.5) is 0 Å². The van der Waals surface area contributed by atoms with Crippen LogP contribution in [0, 0.1) is 5.92 Å². The molecule has 0 fully saturated rings. The number of rotatable bonds is 8. The van der Waals surface area contributed by atoms with Crippen LogP contribution in [0.25, 0.3) is 0 Å². The zero-order chi connectivity index (χ0) is 13.4. The van der Waals surface area contributed by atoms with Crippen molar-refractivity contribution in [2.75, 3.05) is 13.2 Å². The highest BCUT2D eigenvalue weighted by molar-refractivity contribution is 5.06. The van der Waals surface area contributed by atoms with Crippen LogP contribution in [0.3, 0.4) is 0 Å². The second kappa shape index (κ2) is 8.16. The van der Waals surface area contributed by atoms with Crippen LogP contribution in [0.2, 0.25) is 0 Å². The molecule has 4 nitrogen and oxygen atoms in total. The normalized spacial score (nSPS) is 12.9. The minimum atomic E-state index is 0.0210. The van der Waals surface area contributed by atoms with Gasteiger partial charge in [0.1, 0.15) is 6.10 Å². The molecule has 1 atom stereocenters. The SMILES string of the molecule is CCOC(CC)c1ncc(CNCC(C)C)cn1. The van der Waals surface area contributed by atoms with E-state index in [9.17, 15) is 0 Å². The second-order valence-corrected chi connectivity index (χ2v) is 4.83. The molecule has 0 radical (unpaired) electrons. The first kappa shape index (κ1) is 15.1. The summed E-state index contributed by atoms with van der Waals surface area (Å²) in [6, 6.07) is 0. The molecule has 102 valence electrons. The summed E-state index contributed by atoms with van der Waals surface area (Å²) in [6.07, 6.45) is 4.70. The van der Waals surface area contributed by atoms with Gasteiger partial charge in [0.15, 0.2) is 5.82 Å². The summed E-state index contributed by atoms with van der Waals surface area (Å²) in [4.78, 5) is 8.78. The number of aromatic nitrogens is 2. The van der Waals surface area contributed by atoms with Crippen molar-refractivity contribution < 1.29 is 4.74 Å². The van der Waals surface area contributed by atoms with Gasteiger partial charge in [-0.3, -0.25) is 0 Å². The van der Waals surface area contributed by atoms with Gasteiger partial charge in [0, 0.05) is 31.1 Å². The van der Waals surface area contributed by atoms with Crippen LogP contribution in [0.1, 0.15) is 51.6 Å². The Balaban J connectivity index is 2.50. The van der Waals surface area contributed by atoms with Gasteiger partial charge in [-0.15, -0.1) is 0 Å². The average Bonchev–Trinajstić information content (AvgIpc) is 2.36. The van der Waals surface area contributed by atoms with E-state index in [-0.39, 0.29) is 6.10 Å². The number of hydrogen-bond donors (Lipinski definition) is 1. The third kappa shape index (κ3) is 5.10. The molecule has 0 spiro atoms. The molecule has 0 saturated heterocycles. The molecule has 0 aliphatic rings. The van der Waals surface area contributed by atoms with Gasteiger partial charge in [-0.05, 0) is 25.8 Å². The summed E-state index contributed by atoms with van der Waals surface area (Å²) >= 11 is 0. The largest absolute Gasteiger partial charge is 0.371 e. The summed E-state index contributed by atoms with van der Waals surface area (Å²) in [5, 5.41) is 3.38. The first-order valence-electron chi connectivity index (χ1n) is 6.80. The zero-order valence-corrected chi connectivity index (χ0v) is 11.9. The van der Waals surface area contributed by atoms with Gasteiger partial charge in [0.2, 0.25) is 0 Å². The van der Waals surface area contributed by atoms with Gasteiger partial charge in [-0.25, -0.2) is 9.97 Å². The number of nitrogens with zero attached hydrogens (tertiary/aromatic N) is 2. The van der Waals surface area contributed by atoms with Gasteiger partial charge < -0.3 is 10.1 Å². The van der Waals surface area contributed by atoms with E-state index in [1.165, 1.54) is 0 Å². The first-order valence-corrected chi connectivity index (χ1v) is 6.80. The third-order valence-corrected chi connectivity index (χ3v) is 2.63. The van der Waals surface area contributed by atoms with E-state index in [0.717, 1.165) is 30.9 Å². The minimum Gasteiger partial charge on any atom is -0.371 e. The molecule has 1 aromatic heterocycles. The molecule has 1 unspecified atom stereocenters. The van der Waals surface area contributed by atoms with E-state index in [0.29, 0.717) is 12.5 Å². The summed E-state index contributed by atoms with van der Waals surface area (Å²) in [6.45, 7) is 11.0. The highest BCUT2D eigenvalue weighted by Gasteiger charge is 2.11. The van der Waals surface area contributed by atoms with Crippen molar-refractivity contribution in [3.63, 3.8) is 0 Å². The fraction of sp³-hybridized carbons (Fsp3) is 0.714. The van der Waals surface area contributed by atoms with E-state index < -0.39 is 0 Å². The predicted molar refractivity (Wildman–Crippen MR) is 73.2 cm³/mol. The monoisotopic (exact) mass is 251 g/mol. The van der Waals surface area contributed by atoms with E-state index in [1.807, 2.05) is 19.3 Å². The molecule has 4 heteroatoms. The maximum absolute atomic E-state index is 5.59. The van der Waals surface area contributed by atoms with Crippen LogP contribution in [0.5, 0.6) is 0 Å². The molecular formula is C14H25N3O. The molecule has 1 N–H and O–H groups in total. The molecule has 1 aromatic rings. The van der Waals surface area contributed by atoms with Crippen LogP contribution in [0.15, 0.2) is 12.4 Å². The van der Waals surface area contributed by atoms with Crippen LogP contribution >= 0.6 is 0 Å². The van der Waals surface area contributed by atoms with Gasteiger partial charge in [0.05, 0.1) is 0 Å². The molecule has 0 aromatic carbocycles. The van der Waals surface area contributed by atoms with Crippen LogP contribution in [-0.4, -0.2) is 23.1 Å². The topological polar surface area (TPSA) is 47.0 Å². The lowest BCUT2D eigenvalue weighted by Gasteiger charge is -2.13. The van der Waals surface area contributed by atoms with Gasteiger partial charge in [0.25, 0.3) is 0 Å². The van der Waals surface area contributed by atoms with Crippen molar-refractivity contribution in [2.24, 2.45) is 5.92 Å². The Hall–Kier alpha value is -1.00. The maximum atomic E-state index is 5.59. The lowest BCUT2D eigenvalue weighted by molar-refractivity contribution is 0.0534. The van der Waals surface area contributed by atoms with Crippen molar-refractivity contribution in [1.29, 1.82) is 0 Å². The zero-order valence-electron chi connectivity index (χ0n) is 11.9. The van der Waals surface area contributed by atoms with Crippen molar-refractivity contribution in [3.05, 3.63) is 23.8 Å². The Morgan fingerprint density at radius 1 is 1.22 bits per heavy atom. The summed E-state index contributed by atoms with van der Waals surface area (Å²) in [5.74, 6) is 1.44. The van der Waals surface area contributed by atoms with Crippen LogP contribution in [-0.2, 0) is 11.3 Å². The molecule has 0 aliphatic carbocycles. The van der Waals surface area contributed by atoms with Gasteiger partial charge in [-0.1, -0.05) is 20.8 Å². The summed E-state index contributed by atoms with van der Waals surface area (Å²) < 4.78 is 5.59. The highest BCUT2D eigenvalue weighted by atomic mass is 16.5. The number of nitrogens with one attached hydrogen (secondary N) is 1. The number of hydrogen-bond acceptors (Lipinski definition) is 4. The molecule has 18 heavy (non-hydrogen) atoms. The van der Waals surface area contributed by atoms with Gasteiger partial charge in [-0.2, -0.15) is 0 Å². The number of ether oxygens (including phenoxy) is 1. The molecule has 1 rings (SSSR count). The molecular weight excluding hydrogens is 226 g/mol. The van der Waals surface area contributed by atoms with E-state index in [2.05, 4.69) is 36.1 Å². The lowest BCUT2D eigenvalue weighted by atomic mass is 10.2. The van der Waals surface area contributed by atoms with Crippen molar-refractivity contribution in [1.82, 2.24) is 15.3 Å². The molecule has 1 heterocycles. The Bertz CT molecular complexity index is 324. The summed E-state index contributed by atoms with van der Waals surface area (Å²) in [7, 11) is 0. The van der Waals surface area contributed by atoms with Crippen molar-refractivity contribution >= 4 is 0 Å². The van der Waals surface area contributed by atoms with E-state index >= 15 is 0 Å². The molecule has 0 amide bonds. The van der Waals surface area contributed by atoms with E-state index in [4.69, 9.17) is 4.74 Å². The average molecular weight is 251 g/mol. The smallest absolute Gasteiger partial charge is 0.157 e. The quantitative estimate of drug-likeness (QED) is 0.771. The Kier molecular flexibility index (Phi) is 6.83. The predicted octanol–water partition coefficient (Wildman–Crippen LogP) is 2.71. The van der Waals surface area contributed by atoms with Crippen molar-refractivity contribution in [3.8, 4) is 0 Å². The van der Waals surface area contributed by atoms with Crippen LogP contribution < -0.4 is 5.32 Å². The highest BCUT2D eigenvalue weighted by Crippen LogP contribution is 2.16. The van der Waals surface area contributed by atoms with E-state index in [1.54, 1.807) is 0 Å². The standard InChI is InChI=1S/C14H25N3O/c1-5-13(18-6-2)14-16-9-12(10-17-14)8-15-7-11(3)4/h9-11,13,15H,5-8H2,1-4H3. The maximum Gasteiger partial charge on any atom is 0.157 e. The van der Waals surface area contributed by atoms with Gasteiger partial charge >= 0.3 is 0 Å². The first-order chi connectivity index (χ1) is 8.67. The molecule has 0 bridgehead atoms. The summed E-state index contributed by atoms with van der Waals surface area (Å²) in [5.41, 5.74) is 1.12. The Labute approximate surface area is 110 Å². The fourth-order valence-corrected chi connectivity index (χ4v) is 1.70. The second-order valence-electron chi connectivity index (χ2n) is 4.83. The molecule has 0 aliphatic heterocycles. The lowest BCUT2D eigenvalue weighted by Crippen LogP contribution is -2.19. The minimum absolute atomic E-state index is 0.0210. The fourth-order valence-electron chi connectivity index (χ4n) is 1.70. The Morgan fingerprint density at radius 3 is 2.39 bits per heavy atom. The third-order valence-electron chi connectivity index (χ3n) is 2.63. The van der Waals surface area contributed by atoms with Crippen molar-refractivity contribution in [2.45, 2.75) is 46.8 Å². The molecule has 0 saturated carbocycles.